The number of hydrogen-bond donors (Lipinski definition) is 1. The summed E-state index contributed by atoms with van der Waals surface area (Å²) < 4.78 is 0. The Hall–Kier alpha value is -2.82. The summed E-state index contributed by atoms with van der Waals surface area (Å²) in [6.45, 7) is 0.997. The van der Waals surface area contributed by atoms with E-state index in [1.807, 2.05) is 18.2 Å². The van der Waals surface area contributed by atoms with E-state index >= 15 is 0 Å². The van der Waals surface area contributed by atoms with Gasteiger partial charge in [-0.2, -0.15) is 0 Å². The second-order valence-corrected chi connectivity index (χ2v) is 7.74. The van der Waals surface area contributed by atoms with Gasteiger partial charge >= 0.3 is 0 Å². The molecule has 0 saturated carbocycles. The predicted octanol–water partition coefficient (Wildman–Crippen LogP) is 5.13. The number of carbonyl (C=O) groups is 2. The van der Waals surface area contributed by atoms with E-state index in [2.05, 4.69) is 5.32 Å². The van der Waals surface area contributed by atoms with Crippen molar-refractivity contribution < 1.29 is 9.59 Å². The summed E-state index contributed by atoms with van der Waals surface area (Å²) in [6.07, 6.45) is 0.809. The van der Waals surface area contributed by atoms with E-state index in [0.29, 0.717) is 34.3 Å². The lowest BCUT2D eigenvalue weighted by Crippen LogP contribution is -2.29. The highest BCUT2D eigenvalue weighted by atomic mass is 35.5. The lowest BCUT2D eigenvalue weighted by molar-refractivity contribution is 0.0949. The van der Waals surface area contributed by atoms with Crippen molar-refractivity contribution in [1.29, 1.82) is 0 Å². The highest BCUT2D eigenvalue weighted by Gasteiger charge is 2.25. The number of nitrogens with one attached hydrogen (secondary N) is 1. The van der Waals surface area contributed by atoms with Crippen LogP contribution in [0.1, 0.15) is 31.8 Å². The molecular weight excluding hydrogens is 407 g/mol. The SMILES string of the molecule is O=C(NCc1ccc2c(c1)N(C(=O)c1ccc(Cl)cc1)CC2)c1cccc(Cl)c1. The van der Waals surface area contributed by atoms with Crippen molar-refractivity contribution in [2.75, 3.05) is 11.4 Å². The molecule has 3 aromatic rings. The Kier molecular flexibility index (Phi) is 5.56. The van der Waals surface area contributed by atoms with E-state index in [0.717, 1.165) is 23.2 Å². The Bertz CT molecular complexity index is 1080. The molecule has 0 aliphatic carbocycles. The zero-order valence-electron chi connectivity index (χ0n) is 15.5. The monoisotopic (exact) mass is 424 g/mol. The van der Waals surface area contributed by atoms with E-state index in [4.69, 9.17) is 23.2 Å². The molecule has 1 aliphatic heterocycles. The van der Waals surface area contributed by atoms with Crippen LogP contribution in [0.15, 0.2) is 66.7 Å². The first-order valence-electron chi connectivity index (χ1n) is 9.24. The molecule has 3 aromatic carbocycles. The van der Waals surface area contributed by atoms with Gasteiger partial charge in [-0.25, -0.2) is 0 Å². The van der Waals surface area contributed by atoms with Crippen LogP contribution in [-0.2, 0) is 13.0 Å². The van der Waals surface area contributed by atoms with Gasteiger partial charge in [0.2, 0.25) is 0 Å². The lowest BCUT2D eigenvalue weighted by Gasteiger charge is -2.18. The van der Waals surface area contributed by atoms with Gasteiger partial charge in [-0.05, 0) is 66.1 Å². The minimum absolute atomic E-state index is 0.0551. The van der Waals surface area contributed by atoms with E-state index in [-0.39, 0.29) is 11.8 Å². The summed E-state index contributed by atoms with van der Waals surface area (Å²) in [6, 6.07) is 19.7. The van der Waals surface area contributed by atoms with Gasteiger partial charge in [0.15, 0.2) is 0 Å². The van der Waals surface area contributed by atoms with Crippen molar-refractivity contribution >= 4 is 40.7 Å². The quantitative estimate of drug-likeness (QED) is 0.631. The Morgan fingerprint density at radius 2 is 1.69 bits per heavy atom. The Labute approximate surface area is 179 Å². The van der Waals surface area contributed by atoms with Gasteiger partial charge in [-0.3, -0.25) is 9.59 Å². The minimum atomic E-state index is -0.193. The first kappa shape index (κ1) is 19.5. The van der Waals surface area contributed by atoms with Crippen LogP contribution in [0.5, 0.6) is 0 Å². The summed E-state index contributed by atoms with van der Waals surface area (Å²) in [5.74, 6) is -0.248. The fraction of sp³-hybridized carbons (Fsp3) is 0.130. The van der Waals surface area contributed by atoms with Crippen LogP contribution < -0.4 is 10.2 Å². The van der Waals surface area contributed by atoms with Crippen LogP contribution in [-0.4, -0.2) is 18.4 Å². The third kappa shape index (κ3) is 4.29. The van der Waals surface area contributed by atoms with Crippen LogP contribution >= 0.6 is 23.2 Å². The molecule has 6 heteroatoms. The number of fused-ring (bicyclic) bond motifs is 1. The normalized spacial score (nSPS) is 12.6. The molecule has 1 N–H and O–H groups in total. The zero-order valence-corrected chi connectivity index (χ0v) is 17.0. The highest BCUT2D eigenvalue weighted by Crippen LogP contribution is 2.30. The molecule has 4 rings (SSSR count). The molecule has 29 heavy (non-hydrogen) atoms. The molecule has 0 radical (unpaired) electrons. The molecule has 0 spiro atoms. The second-order valence-electron chi connectivity index (χ2n) is 6.87. The minimum Gasteiger partial charge on any atom is -0.348 e. The third-order valence-electron chi connectivity index (χ3n) is 4.92. The summed E-state index contributed by atoms with van der Waals surface area (Å²) in [5, 5.41) is 4.02. The van der Waals surface area contributed by atoms with E-state index in [1.54, 1.807) is 53.4 Å². The Balaban J connectivity index is 1.49. The average Bonchev–Trinajstić information content (AvgIpc) is 3.15. The molecule has 1 aliphatic rings. The van der Waals surface area contributed by atoms with Crippen LogP contribution in [0.2, 0.25) is 10.0 Å². The van der Waals surface area contributed by atoms with Gasteiger partial charge in [-0.1, -0.05) is 41.4 Å². The molecule has 0 atom stereocenters. The van der Waals surface area contributed by atoms with Crippen molar-refractivity contribution in [2.24, 2.45) is 0 Å². The molecule has 0 aromatic heterocycles. The maximum atomic E-state index is 12.9. The molecule has 0 saturated heterocycles. The third-order valence-corrected chi connectivity index (χ3v) is 5.41. The van der Waals surface area contributed by atoms with Crippen LogP contribution in [0.4, 0.5) is 5.69 Å². The number of benzene rings is 3. The van der Waals surface area contributed by atoms with Gasteiger partial charge in [0.1, 0.15) is 0 Å². The van der Waals surface area contributed by atoms with Crippen LogP contribution in [0, 0.1) is 0 Å². The van der Waals surface area contributed by atoms with Crippen molar-refractivity contribution in [2.45, 2.75) is 13.0 Å². The summed E-state index contributed by atoms with van der Waals surface area (Å²) in [7, 11) is 0. The number of carbonyl (C=O) groups excluding carboxylic acids is 2. The molecule has 1 heterocycles. The number of anilines is 1. The molecule has 0 bridgehead atoms. The number of amides is 2. The fourth-order valence-electron chi connectivity index (χ4n) is 3.41. The summed E-state index contributed by atoms with van der Waals surface area (Å²) in [5.41, 5.74) is 4.05. The first-order valence-corrected chi connectivity index (χ1v) is 10.00. The van der Waals surface area contributed by atoms with E-state index in [1.165, 1.54) is 0 Å². The molecular formula is C23H18Cl2N2O2. The number of halogens is 2. The molecule has 0 fully saturated rings. The number of rotatable bonds is 4. The lowest BCUT2D eigenvalue weighted by atomic mass is 10.1. The van der Waals surface area contributed by atoms with Gasteiger partial charge in [0.25, 0.3) is 11.8 Å². The Morgan fingerprint density at radius 3 is 2.45 bits per heavy atom. The van der Waals surface area contributed by atoms with Crippen molar-refractivity contribution in [3.05, 3.63) is 99.0 Å². The largest absolute Gasteiger partial charge is 0.348 e. The molecule has 4 nitrogen and oxygen atoms in total. The van der Waals surface area contributed by atoms with Crippen molar-refractivity contribution in [3.8, 4) is 0 Å². The number of hydrogen-bond acceptors (Lipinski definition) is 2. The predicted molar refractivity (Wildman–Crippen MR) is 116 cm³/mol. The maximum Gasteiger partial charge on any atom is 0.258 e. The zero-order chi connectivity index (χ0) is 20.4. The smallest absolute Gasteiger partial charge is 0.258 e. The van der Waals surface area contributed by atoms with Gasteiger partial charge in [-0.15, -0.1) is 0 Å². The van der Waals surface area contributed by atoms with Crippen LogP contribution in [0.3, 0.4) is 0 Å². The van der Waals surface area contributed by atoms with Crippen LogP contribution in [0.25, 0.3) is 0 Å². The molecule has 146 valence electrons. The number of nitrogens with zero attached hydrogens (tertiary/aromatic N) is 1. The van der Waals surface area contributed by atoms with Gasteiger partial charge in [0, 0.05) is 39.9 Å². The maximum absolute atomic E-state index is 12.9. The standard InChI is InChI=1S/C23H18Cl2N2O2/c24-19-8-6-17(7-9-19)23(29)27-11-10-16-5-4-15(12-21(16)27)14-26-22(28)18-2-1-3-20(25)13-18/h1-9,12-13H,10-11,14H2,(H,26,28). The van der Waals surface area contributed by atoms with Crippen molar-refractivity contribution in [1.82, 2.24) is 5.32 Å². The molecule has 0 unspecified atom stereocenters. The van der Waals surface area contributed by atoms with E-state index in [9.17, 15) is 9.59 Å². The van der Waals surface area contributed by atoms with Gasteiger partial charge < -0.3 is 10.2 Å². The second kappa shape index (κ2) is 8.27. The topological polar surface area (TPSA) is 49.4 Å². The van der Waals surface area contributed by atoms with E-state index < -0.39 is 0 Å². The van der Waals surface area contributed by atoms with Gasteiger partial charge in [0.05, 0.1) is 0 Å². The fourth-order valence-corrected chi connectivity index (χ4v) is 3.72. The average molecular weight is 425 g/mol. The Morgan fingerprint density at radius 1 is 0.897 bits per heavy atom. The van der Waals surface area contributed by atoms with Crippen molar-refractivity contribution in [3.63, 3.8) is 0 Å². The summed E-state index contributed by atoms with van der Waals surface area (Å²) >= 11 is 11.9. The molecule has 2 amide bonds. The highest BCUT2D eigenvalue weighted by molar-refractivity contribution is 6.31. The summed E-state index contributed by atoms with van der Waals surface area (Å²) in [4.78, 5) is 27.0. The first-order chi connectivity index (χ1) is 14.0.